The van der Waals surface area contributed by atoms with Crippen LogP contribution in [-0.4, -0.2) is 61.7 Å². The van der Waals surface area contributed by atoms with E-state index in [2.05, 4.69) is 20.1 Å². The third-order valence-electron chi connectivity index (χ3n) is 6.80. The van der Waals surface area contributed by atoms with Crippen molar-refractivity contribution in [2.45, 2.75) is 57.7 Å². The second kappa shape index (κ2) is 10.7. The third kappa shape index (κ3) is 5.70. The monoisotopic (exact) mass is 482 g/mol. The number of ether oxygens (including phenoxy) is 2. The van der Waals surface area contributed by atoms with Gasteiger partial charge in [-0.3, -0.25) is 4.79 Å². The molecule has 4 rings (SSSR count). The summed E-state index contributed by atoms with van der Waals surface area (Å²) >= 11 is 0. The fourth-order valence-electron chi connectivity index (χ4n) is 4.51. The van der Waals surface area contributed by atoms with Crippen LogP contribution >= 0.6 is 0 Å². The summed E-state index contributed by atoms with van der Waals surface area (Å²) in [4.78, 5) is 33.3. The summed E-state index contributed by atoms with van der Waals surface area (Å²) in [6.07, 6.45) is 5.35. The molecular formula is C24H30N6O5. The Morgan fingerprint density at radius 2 is 2.03 bits per heavy atom. The lowest BCUT2D eigenvalue weighted by molar-refractivity contribution is -0.143. The van der Waals surface area contributed by atoms with Gasteiger partial charge in [0, 0.05) is 20.6 Å². The Bertz CT molecular complexity index is 1120. The predicted octanol–water partition coefficient (Wildman–Crippen LogP) is 3.82. The normalized spacial score (nSPS) is 19.9. The maximum Gasteiger partial charge on any atom is 0.409 e. The summed E-state index contributed by atoms with van der Waals surface area (Å²) in [6.45, 7) is 8.21. The zero-order chi connectivity index (χ0) is 24.9. The molecule has 2 aromatic heterocycles. The number of carbonyl (C=O) groups excluding carboxylic acids is 1. The fourth-order valence-corrected chi connectivity index (χ4v) is 4.51. The third-order valence-corrected chi connectivity index (χ3v) is 6.80. The summed E-state index contributed by atoms with van der Waals surface area (Å²) in [5, 5.41) is 17.5. The number of amides is 1. The molecule has 0 saturated heterocycles. The Hall–Kier alpha value is -3.68. The molecule has 11 heteroatoms. The van der Waals surface area contributed by atoms with Gasteiger partial charge < -0.3 is 24.3 Å². The maximum absolute atomic E-state index is 12.4. The van der Waals surface area contributed by atoms with Crippen LogP contribution in [0.3, 0.4) is 0 Å². The first-order valence-corrected chi connectivity index (χ1v) is 11.9. The van der Waals surface area contributed by atoms with E-state index in [-0.39, 0.29) is 18.5 Å². The second-order valence-corrected chi connectivity index (χ2v) is 9.31. The molecule has 11 nitrogen and oxygen atoms in total. The molecule has 0 unspecified atom stereocenters. The molecular weight excluding hydrogens is 452 g/mol. The molecule has 0 radical (unpaired) electrons. The molecule has 1 amide bonds. The van der Waals surface area contributed by atoms with Gasteiger partial charge in [-0.2, -0.15) is 0 Å². The smallest absolute Gasteiger partial charge is 0.409 e. The van der Waals surface area contributed by atoms with Crippen LogP contribution in [0, 0.1) is 18.4 Å². The van der Waals surface area contributed by atoms with Crippen LogP contribution in [-0.2, 0) is 23.2 Å². The van der Waals surface area contributed by atoms with Crippen LogP contribution < -0.4 is 4.74 Å². The lowest BCUT2D eigenvalue weighted by atomic mass is 9.85. The molecule has 0 aliphatic heterocycles. The van der Waals surface area contributed by atoms with Gasteiger partial charge in [0.1, 0.15) is 18.1 Å². The lowest BCUT2D eigenvalue weighted by Crippen LogP contribution is -2.34. The van der Waals surface area contributed by atoms with Crippen molar-refractivity contribution in [3.8, 4) is 17.1 Å². The van der Waals surface area contributed by atoms with Gasteiger partial charge in [0.15, 0.2) is 11.4 Å². The number of carboxylic acid groups (broad SMARTS) is 1. The molecule has 186 valence electrons. The number of aromatic nitrogens is 4. The first-order chi connectivity index (χ1) is 16.9. The molecule has 2 fully saturated rings. The van der Waals surface area contributed by atoms with Gasteiger partial charge in [-0.05, 0) is 56.6 Å². The highest BCUT2D eigenvalue weighted by Gasteiger charge is 2.29. The van der Waals surface area contributed by atoms with E-state index in [4.69, 9.17) is 16.0 Å². The highest BCUT2D eigenvalue weighted by Crippen LogP contribution is 2.34. The van der Waals surface area contributed by atoms with E-state index >= 15 is 0 Å². The number of rotatable bonds is 8. The first kappa shape index (κ1) is 24.4. The van der Waals surface area contributed by atoms with E-state index in [1.54, 1.807) is 31.1 Å². The molecule has 2 aliphatic rings. The van der Waals surface area contributed by atoms with E-state index in [1.807, 2.05) is 0 Å². The van der Waals surface area contributed by atoms with E-state index in [0.717, 1.165) is 25.7 Å². The summed E-state index contributed by atoms with van der Waals surface area (Å²) in [6, 6.07) is 3.33. The molecule has 0 bridgehead atoms. The predicted molar refractivity (Wildman–Crippen MR) is 125 cm³/mol. The van der Waals surface area contributed by atoms with Crippen molar-refractivity contribution < 1.29 is 24.2 Å². The minimum Gasteiger partial charge on any atom is -0.500 e. The van der Waals surface area contributed by atoms with Crippen LogP contribution in [0.15, 0.2) is 12.1 Å². The molecule has 0 aromatic carbocycles. The SMILES string of the molecule is [C-]#[N+]c1nc(-c2nnn(C)c2COC(=O)N(C)CC2CCC2)ccc1O[C@H]1CCC[C@H](C(=O)O)C1. The highest BCUT2D eigenvalue weighted by molar-refractivity contribution is 5.70. The van der Waals surface area contributed by atoms with Crippen LogP contribution in [0.5, 0.6) is 5.75 Å². The molecule has 2 atom stereocenters. The number of nitrogens with zero attached hydrogens (tertiary/aromatic N) is 6. The van der Waals surface area contributed by atoms with Crippen molar-refractivity contribution in [3.63, 3.8) is 0 Å². The number of pyridine rings is 1. The van der Waals surface area contributed by atoms with Crippen LogP contribution in [0.1, 0.15) is 50.6 Å². The van der Waals surface area contributed by atoms with Crippen LogP contribution in [0.4, 0.5) is 10.6 Å². The van der Waals surface area contributed by atoms with E-state index in [0.29, 0.717) is 48.1 Å². The largest absolute Gasteiger partial charge is 0.500 e. The van der Waals surface area contributed by atoms with Crippen LogP contribution in [0.25, 0.3) is 16.2 Å². The summed E-state index contributed by atoms with van der Waals surface area (Å²) in [5.74, 6) is -0.331. The molecule has 2 aliphatic carbocycles. The Kier molecular flexibility index (Phi) is 7.48. The molecule has 2 saturated carbocycles. The van der Waals surface area contributed by atoms with Crippen molar-refractivity contribution >= 4 is 17.9 Å². The van der Waals surface area contributed by atoms with Gasteiger partial charge in [0.05, 0.1) is 12.0 Å². The molecule has 2 aromatic rings. The van der Waals surface area contributed by atoms with E-state index in [9.17, 15) is 14.7 Å². The number of hydrogen-bond donors (Lipinski definition) is 1. The Morgan fingerprint density at radius 3 is 2.71 bits per heavy atom. The van der Waals surface area contributed by atoms with Crippen LogP contribution in [0.2, 0.25) is 0 Å². The van der Waals surface area contributed by atoms with E-state index < -0.39 is 18.0 Å². The van der Waals surface area contributed by atoms with Gasteiger partial charge in [-0.15, -0.1) is 10.1 Å². The molecule has 0 spiro atoms. The number of carboxylic acids is 1. The number of hydrogen-bond acceptors (Lipinski definition) is 7. The average Bonchev–Trinajstić information content (AvgIpc) is 3.20. The van der Waals surface area contributed by atoms with Gasteiger partial charge in [-0.1, -0.05) is 18.2 Å². The van der Waals surface area contributed by atoms with E-state index in [1.165, 1.54) is 11.1 Å². The average molecular weight is 483 g/mol. The molecule has 2 heterocycles. The molecule has 1 N–H and O–H groups in total. The number of aliphatic carboxylic acids is 1. The van der Waals surface area contributed by atoms with Crippen molar-refractivity contribution in [1.29, 1.82) is 0 Å². The quantitative estimate of drug-likeness (QED) is 0.563. The first-order valence-electron chi connectivity index (χ1n) is 11.9. The maximum atomic E-state index is 12.4. The van der Waals surface area contributed by atoms with Gasteiger partial charge >= 0.3 is 17.9 Å². The fraction of sp³-hybridized carbons (Fsp3) is 0.583. The van der Waals surface area contributed by atoms with Crippen molar-refractivity contribution in [2.75, 3.05) is 13.6 Å². The Morgan fingerprint density at radius 1 is 1.26 bits per heavy atom. The highest BCUT2D eigenvalue weighted by atomic mass is 16.6. The Labute approximate surface area is 203 Å². The van der Waals surface area contributed by atoms with Gasteiger partial charge in [0.25, 0.3) is 0 Å². The van der Waals surface area contributed by atoms with Gasteiger partial charge in [-0.25, -0.2) is 9.48 Å². The summed E-state index contributed by atoms with van der Waals surface area (Å²) < 4.78 is 13.0. The molecule has 35 heavy (non-hydrogen) atoms. The van der Waals surface area contributed by atoms with Crippen molar-refractivity contribution in [3.05, 3.63) is 29.2 Å². The minimum atomic E-state index is -0.817. The topological polar surface area (TPSA) is 124 Å². The summed E-state index contributed by atoms with van der Waals surface area (Å²) in [7, 11) is 3.43. The zero-order valence-electron chi connectivity index (χ0n) is 20.0. The van der Waals surface area contributed by atoms with Gasteiger partial charge in [0.2, 0.25) is 0 Å². The minimum absolute atomic E-state index is 0.0292. The van der Waals surface area contributed by atoms with Crippen molar-refractivity contribution in [2.24, 2.45) is 18.9 Å². The number of aryl methyl sites for hydroxylation is 1. The zero-order valence-corrected chi connectivity index (χ0v) is 20.0. The summed E-state index contributed by atoms with van der Waals surface area (Å²) in [5.41, 5.74) is 1.39. The number of carbonyl (C=O) groups is 2. The standard InChI is InChI=1S/C24H30N6O5/c1-25-22-20(35-17-9-5-8-16(12-17)23(31)32)11-10-18(26-22)21-19(30(3)28-27-21)14-34-24(33)29(2)13-15-6-4-7-15/h10-11,15-17H,4-9,12-14H2,2-3H3,(H,31,32)/t16-,17-/m0/s1. The Balaban J connectivity index is 1.45. The van der Waals surface area contributed by atoms with Crippen molar-refractivity contribution in [1.82, 2.24) is 24.9 Å². The second-order valence-electron chi connectivity index (χ2n) is 9.31. The lowest BCUT2D eigenvalue weighted by Gasteiger charge is -2.29.